The first kappa shape index (κ1) is 15.7. The fraction of sp³-hybridized carbons (Fsp3) is 0.357. The lowest BCUT2D eigenvalue weighted by atomic mass is 10.2. The van der Waals surface area contributed by atoms with Crippen LogP contribution in [-0.4, -0.2) is 29.0 Å². The van der Waals surface area contributed by atoms with E-state index in [1.165, 1.54) is 6.20 Å². The predicted octanol–water partition coefficient (Wildman–Crippen LogP) is 2.99. The number of hydrogen-bond donors (Lipinski definition) is 2. The highest BCUT2D eigenvalue weighted by Gasteiger charge is 2.09. The molecule has 5 nitrogen and oxygen atoms in total. The fourth-order valence-electron chi connectivity index (χ4n) is 1.70. The lowest BCUT2D eigenvalue weighted by Gasteiger charge is -2.08. The monoisotopic (exact) mass is 324 g/mol. The van der Waals surface area contributed by atoms with Crippen LogP contribution in [0.25, 0.3) is 0 Å². The fourth-order valence-corrected chi connectivity index (χ4v) is 2.53. The summed E-state index contributed by atoms with van der Waals surface area (Å²) in [5, 5.41) is 8.37. The quantitative estimate of drug-likeness (QED) is 0.821. The minimum atomic E-state index is -0.179. The maximum Gasteiger partial charge on any atom is 0.252 e. The third kappa shape index (κ3) is 4.68. The van der Waals surface area contributed by atoms with E-state index < -0.39 is 0 Å². The normalized spacial score (nSPS) is 10.4. The van der Waals surface area contributed by atoms with Gasteiger partial charge >= 0.3 is 0 Å². The molecule has 0 aromatic carbocycles. The summed E-state index contributed by atoms with van der Waals surface area (Å²) >= 11 is 7.66. The Bertz CT molecular complexity index is 589. The van der Waals surface area contributed by atoms with Crippen molar-refractivity contribution in [3.63, 3.8) is 0 Å². The van der Waals surface area contributed by atoms with Crippen LogP contribution in [0.15, 0.2) is 23.2 Å². The van der Waals surface area contributed by atoms with E-state index in [9.17, 15) is 4.79 Å². The Labute approximate surface area is 132 Å². The summed E-state index contributed by atoms with van der Waals surface area (Å²) < 4.78 is 0. The largest absolute Gasteiger partial charge is 0.369 e. The zero-order valence-electron chi connectivity index (χ0n) is 11.7. The first-order chi connectivity index (χ1) is 10.2. The van der Waals surface area contributed by atoms with Crippen molar-refractivity contribution < 1.29 is 4.79 Å². The number of aromatic nitrogens is 2. The molecule has 0 fully saturated rings. The molecule has 2 aromatic heterocycles. The Balaban J connectivity index is 1.88. The summed E-state index contributed by atoms with van der Waals surface area (Å²) in [6, 6.07) is 1.63. The number of carbonyl (C=O) groups excluding carboxylic acids is 1. The van der Waals surface area contributed by atoms with Gasteiger partial charge in [0.2, 0.25) is 0 Å². The summed E-state index contributed by atoms with van der Waals surface area (Å²) in [6.45, 7) is 3.40. The summed E-state index contributed by atoms with van der Waals surface area (Å²) in [7, 11) is 0. The average Bonchev–Trinajstić information content (AvgIpc) is 2.99. The van der Waals surface area contributed by atoms with Gasteiger partial charge in [-0.25, -0.2) is 9.97 Å². The molecule has 112 valence electrons. The second-order valence-electron chi connectivity index (χ2n) is 4.47. The summed E-state index contributed by atoms with van der Waals surface area (Å²) in [6.07, 6.45) is 3.23. The molecule has 2 N–H and O–H groups in total. The van der Waals surface area contributed by atoms with Crippen molar-refractivity contribution in [2.24, 2.45) is 0 Å². The third-order valence-electron chi connectivity index (χ3n) is 2.80. The van der Waals surface area contributed by atoms with Crippen LogP contribution in [0.2, 0.25) is 5.02 Å². The molecule has 0 aliphatic heterocycles. The van der Waals surface area contributed by atoms with Gasteiger partial charge in [0, 0.05) is 31.1 Å². The van der Waals surface area contributed by atoms with E-state index in [0.717, 1.165) is 18.7 Å². The van der Waals surface area contributed by atoms with Gasteiger partial charge in [0.1, 0.15) is 5.82 Å². The van der Waals surface area contributed by atoms with Crippen molar-refractivity contribution in [3.05, 3.63) is 39.4 Å². The lowest BCUT2D eigenvalue weighted by molar-refractivity contribution is 0.0954. The molecular weight excluding hydrogens is 308 g/mol. The number of nitrogens with one attached hydrogen (secondary N) is 2. The maximum atomic E-state index is 12.0. The Hall–Kier alpha value is -1.66. The molecule has 0 saturated carbocycles. The predicted molar refractivity (Wildman–Crippen MR) is 86.2 cm³/mol. The molecule has 2 heterocycles. The second-order valence-corrected chi connectivity index (χ2v) is 5.59. The van der Waals surface area contributed by atoms with E-state index >= 15 is 0 Å². The van der Waals surface area contributed by atoms with Crippen LogP contribution in [0.3, 0.4) is 0 Å². The van der Waals surface area contributed by atoms with Crippen molar-refractivity contribution >= 4 is 34.7 Å². The topological polar surface area (TPSA) is 66.9 Å². The zero-order valence-corrected chi connectivity index (χ0v) is 13.3. The molecule has 0 bridgehead atoms. The molecule has 7 heteroatoms. The van der Waals surface area contributed by atoms with Crippen LogP contribution in [0.1, 0.15) is 29.4 Å². The molecule has 0 atom stereocenters. The Morgan fingerprint density at radius 2 is 2.24 bits per heavy atom. The highest BCUT2D eigenvalue weighted by molar-refractivity contribution is 7.07. The number of rotatable bonds is 7. The number of anilines is 1. The van der Waals surface area contributed by atoms with Gasteiger partial charge in [0.15, 0.2) is 0 Å². The first-order valence-electron chi connectivity index (χ1n) is 6.75. The number of nitrogens with zero attached hydrogens (tertiary/aromatic N) is 2. The van der Waals surface area contributed by atoms with Gasteiger partial charge in [-0.2, -0.15) is 0 Å². The Morgan fingerprint density at radius 1 is 1.38 bits per heavy atom. The molecule has 0 aliphatic rings. The standard InChI is InChI=1S/C14H17ClN4OS/c1-2-4-16-13-12(15)6-10(7-18-13)14(20)17-5-3-11-8-21-9-19-11/h6-9H,2-5H2,1H3,(H,16,18)(H,17,20). The van der Waals surface area contributed by atoms with Crippen molar-refractivity contribution in [2.45, 2.75) is 19.8 Å². The number of pyridine rings is 1. The summed E-state index contributed by atoms with van der Waals surface area (Å²) in [5.41, 5.74) is 3.22. The number of hydrogen-bond acceptors (Lipinski definition) is 5. The lowest BCUT2D eigenvalue weighted by Crippen LogP contribution is -2.26. The van der Waals surface area contributed by atoms with Crippen LogP contribution in [0.4, 0.5) is 5.82 Å². The van der Waals surface area contributed by atoms with Gasteiger partial charge in [-0.15, -0.1) is 11.3 Å². The van der Waals surface area contributed by atoms with Crippen molar-refractivity contribution in [1.82, 2.24) is 15.3 Å². The molecule has 0 spiro atoms. The maximum absolute atomic E-state index is 12.0. The molecule has 21 heavy (non-hydrogen) atoms. The van der Waals surface area contributed by atoms with E-state index in [1.54, 1.807) is 22.9 Å². The van der Waals surface area contributed by atoms with E-state index in [1.807, 2.05) is 5.38 Å². The van der Waals surface area contributed by atoms with E-state index in [2.05, 4.69) is 27.5 Å². The van der Waals surface area contributed by atoms with Gasteiger partial charge in [-0.3, -0.25) is 4.79 Å². The van der Waals surface area contributed by atoms with Crippen LogP contribution < -0.4 is 10.6 Å². The third-order valence-corrected chi connectivity index (χ3v) is 3.72. The Morgan fingerprint density at radius 3 is 2.90 bits per heavy atom. The summed E-state index contributed by atoms with van der Waals surface area (Å²) in [5.74, 6) is 0.430. The number of halogens is 1. The van der Waals surface area contributed by atoms with Crippen molar-refractivity contribution in [2.75, 3.05) is 18.4 Å². The number of carbonyl (C=O) groups is 1. The minimum Gasteiger partial charge on any atom is -0.369 e. The van der Waals surface area contributed by atoms with Gasteiger partial charge < -0.3 is 10.6 Å². The van der Waals surface area contributed by atoms with Crippen LogP contribution in [0.5, 0.6) is 0 Å². The second kappa shape index (κ2) is 7.95. The average molecular weight is 325 g/mol. The first-order valence-corrected chi connectivity index (χ1v) is 8.07. The molecule has 1 amide bonds. The smallest absolute Gasteiger partial charge is 0.252 e. The molecular formula is C14H17ClN4OS. The van der Waals surface area contributed by atoms with Crippen molar-refractivity contribution in [3.8, 4) is 0 Å². The van der Waals surface area contributed by atoms with Crippen LogP contribution in [0, 0.1) is 0 Å². The Kier molecular flexibility index (Phi) is 5.95. The number of amides is 1. The molecule has 0 radical (unpaired) electrons. The van der Waals surface area contributed by atoms with Crippen LogP contribution in [-0.2, 0) is 6.42 Å². The van der Waals surface area contributed by atoms with Gasteiger partial charge in [0.25, 0.3) is 5.91 Å². The van der Waals surface area contributed by atoms with Crippen molar-refractivity contribution in [1.29, 1.82) is 0 Å². The van der Waals surface area contributed by atoms with Gasteiger partial charge in [-0.1, -0.05) is 18.5 Å². The van der Waals surface area contributed by atoms with Crippen LogP contribution >= 0.6 is 22.9 Å². The molecule has 2 aromatic rings. The van der Waals surface area contributed by atoms with E-state index in [0.29, 0.717) is 29.4 Å². The zero-order chi connectivity index (χ0) is 15.1. The minimum absolute atomic E-state index is 0.179. The molecule has 0 aliphatic carbocycles. The van der Waals surface area contributed by atoms with Gasteiger partial charge in [-0.05, 0) is 12.5 Å². The van der Waals surface area contributed by atoms with E-state index in [4.69, 9.17) is 11.6 Å². The molecule has 0 unspecified atom stereocenters. The highest BCUT2D eigenvalue weighted by atomic mass is 35.5. The van der Waals surface area contributed by atoms with E-state index in [-0.39, 0.29) is 5.91 Å². The molecule has 2 rings (SSSR count). The molecule has 0 saturated heterocycles. The highest BCUT2D eigenvalue weighted by Crippen LogP contribution is 2.20. The van der Waals surface area contributed by atoms with Gasteiger partial charge in [0.05, 0.1) is 21.8 Å². The summed E-state index contributed by atoms with van der Waals surface area (Å²) in [4.78, 5) is 20.3. The number of thiazole rings is 1. The SMILES string of the molecule is CCCNc1ncc(C(=O)NCCc2cscn2)cc1Cl.